The van der Waals surface area contributed by atoms with Crippen molar-refractivity contribution in [2.24, 2.45) is 0 Å². The molecule has 142 valence electrons. The molecular formula is C17H15F2N3O3S2. The molecule has 3 rings (SSSR count). The smallest absolute Gasteiger partial charge is 0.240 e. The van der Waals surface area contributed by atoms with Crippen molar-refractivity contribution < 1.29 is 22.0 Å². The first-order valence-electron chi connectivity index (χ1n) is 7.91. The van der Waals surface area contributed by atoms with Crippen LogP contribution in [0.25, 0.3) is 10.2 Å². The Hall–Kier alpha value is -2.43. The molecule has 0 saturated carbocycles. The maximum Gasteiger partial charge on any atom is 0.240 e. The number of nitrogens with one attached hydrogen (secondary N) is 2. The third-order valence-corrected chi connectivity index (χ3v) is 6.12. The summed E-state index contributed by atoms with van der Waals surface area (Å²) < 4.78 is 53.3. The van der Waals surface area contributed by atoms with Crippen molar-refractivity contribution in [2.45, 2.75) is 17.9 Å². The average molecular weight is 411 g/mol. The number of amides is 1. The molecule has 0 aliphatic rings. The number of thiazole rings is 1. The summed E-state index contributed by atoms with van der Waals surface area (Å²) in [4.78, 5) is 15.9. The Kier molecular flexibility index (Phi) is 5.78. The van der Waals surface area contributed by atoms with Crippen molar-refractivity contribution in [1.29, 1.82) is 0 Å². The molecule has 27 heavy (non-hydrogen) atoms. The predicted octanol–water partition coefficient (Wildman–Crippen LogP) is 2.56. The van der Waals surface area contributed by atoms with Gasteiger partial charge in [0, 0.05) is 13.0 Å². The molecule has 1 heterocycles. The van der Waals surface area contributed by atoms with Gasteiger partial charge >= 0.3 is 0 Å². The lowest BCUT2D eigenvalue weighted by molar-refractivity contribution is -0.121. The van der Waals surface area contributed by atoms with Gasteiger partial charge in [-0.15, -0.1) is 11.3 Å². The number of sulfonamides is 1. The van der Waals surface area contributed by atoms with Gasteiger partial charge in [0.25, 0.3) is 0 Å². The van der Waals surface area contributed by atoms with Gasteiger partial charge in [-0.1, -0.05) is 12.1 Å². The summed E-state index contributed by atoms with van der Waals surface area (Å²) in [5.41, 5.74) is 0.853. The molecule has 0 saturated heterocycles. The van der Waals surface area contributed by atoms with E-state index in [2.05, 4.69) is 15.0 Å². The number of halogens is 2. The highest BCUT2D eigenvalue weighted by molar-refractivity contribution is 7.89. The summed E-state index contributed by atoms with van der Waals surface area (Å²) in [7, 11) is -4.03. The number of nitrogens with zero attached hydrogens (tertiary/aromatic N) is 1. The molecule has 0 radical (unpaired) electrons. The number of aromatic nitrogens is 1. The SMILES string of the molecule is O=C(CCNS(=O)(=O)c1ccc(F)c(F)c1)NCc1nc2ccccc2s1. The van der Waals surface area contributed by atoms with Crippen molar-refractivity contribution in [1.82, 2.24) is 15.0 Å². The van der Waals surface area contributed by atoms with Crippen molar-refractivity contribution in [3.63, 3.8) is 0 Å². The number of para-hydroxylation sites is 1. The number of carbonyl (C=O) groups is 1. The van der Waals surface area contributed by atoms with E-state index in [1.54, 1.807) is 0 Å². The van der Waals surface area contributed by atoms with Crippen LogP contribution in [-0.4, -0.2) is 25.9 Å². The Labute approximate surface area is 158 Å². The molecular weight excluding hydrogens is 396 g/mol. The minimum atomic E-state index is -4.03. The zero-order valence-electron chi connectivity index (χ0n) is 13.9. The molecule has 0 atom stereocenters. The molecule has 2 aromatic carbocycles. The fourth-order valence-corrected chi connectivity index (χ4v) is 4.23. The summed E-state index contributed by atoms with van der Waals surface area (Å²) in [6.07, 6.45) is -0.103. The molecule has 0 bridgehead atoms. The number of rotatable bonds is 7. The van der Waals surface area contributed by atoms with Gasteiger partial charge in [0.15, 0.2) is 11.6 Å². The zero-order chi connectivity index (χ0) is 19.4. The Morgan fingerprint density at radius 1 is 1.11 bits per heavy atom. The molecule has 0 unspecified atom stereocenters. The number of benzene rings is 2. The van der Waals surface area contributed by atoms with Crippen LogP contribution in [0.1, 0.15) is 11.4 Å². The van der Waals surface area contributed by atoms with E-state index >= 15 is 0 Å². The minimum Gasteiger partial charge on any atom is -0.350 e. The third kappa shape index (κ3) is 4.85. The second-order valence-corrected chi connectivity index (χ2v) is 8.46. The van der Waals surface area contributed by atoms with Gasteiger partial charge in [0.05, 0.1) is 21.7 Å². The van der Waals surface area contributed by atoms with Gasteiger partial charge in [-0.2, -0.15) is 0 Å². The largest absolute Gasteiger partial charge is 0.350 e. The number of carbonyl (C=O) groups excluding carboxylic acids is 1. The van der Waals surface area contributed by atoms with Crippen LogP contribution in [0.5, 0.6) is 0 Å². The lowest BCUT2D eigenvalue weighted by Gasteiger charge is -2.07. The van der Waals surface area contributed by atoms with E-state index in [9.17, 15) is 22.0 Å². The first-order chi connectivity index (χ1) is 12.8. The number of fused-ring (bicyclic) bond motifs is 1. The molecule has 0 aliphatic carbocycles. The van der Waals surface area contributed by atoms with E-state index in [1.807, 2.05) is 24.3 Å². The zero-order valence-corrected chi connectivity index (χ0v) is 15.5. The standard InChI is InChI=1S/C17H15F2N3O3S2/c18-12-6-5-11(9-13(12)19)27(24,25)21-8-7-16(23)20-10-17-22-14-3-1-2-4-15(14)26-17/h1-6,9,21H,7-8,10H2,(H,20,23). The van der Waals surface area contributed by atoms with Crippen LogP contribution in [0.4, 0.5) is 8.78 Å². The summed E-state index contributed by atoms with van der Waals surface area (Å²) in [6, 6.07) is 9.87. The highest BCUT2D eigenvalue weighted by atomic mass is 32.2. The molecule has 10 heteroatoms. The third-order valence-electron chi connectivity index (χ3n) is 3.62. The Morgan fingerprint density at radius 3 is 2.63 bits per heavy atom. The maximum absolute atomic E-state index is 13.2. The quantitative estimate of drug-likeness (QED) is 0.626. The molecule has 1 aromatic heterocycles. The average Bonchev–Trinajstić information content (AvgIpc) is 3.05. The van der Waals surface area contributed by atoms with Gasteiger partial charge in [-0.25, -0.2) is 26.9 Å². The second kappa shape index (κ2) is 8.07. The van der Waals surface area contributed by atoms with Gasteiger partial charge in [-0.05, 0) is 30.3 Å². The highest BCUT2D eigenvalue weighted by Crippen LogP contribution is 2.21. The van der Waals surface area contributed by atoms with Crippen molar-refractivity contribution >= 4 is 37.5 Å². The minimum absolute atomic E-state index is 0.103. The highest BCUT2D eigenvalue weighted by Gasteiger charge is 2.16. The van der Waals surface area contributed by atoms with Gasteiger partial charge < -0.3 is 5.32 Å². The van der Waals surface area contributed by atoms with E-state index in [0.717, 1.165) is 27.4 Å². The predicted molar refractivity (Wildman–Crippen MR) is 97.6 cm³/mol. The van der Waals surface area contributed by atoms with Crippen molar-refractivity contribution in [3.05, 3.63) is 59.1 Å². The Balaban J connectivity index is 1.49. The van der Waals surface area contributed by atoms with Crippen LogP contribution < -0.4 is 10.0 Å². The van der Waals surface area contributed by atoms with E-state index in [1.165, 1.54) is 11.3 Å². The van der Waals surface area contributed by atoms with Crippen LogP contribution in [0.15, 0.2) is 47.4 Å². The monoisotopic (exact) mass is 411 g/mol. The number of hydrogen-bond donors (Lipinski definition) is 2. The summed E-state index contributed by atoms with van der Waals surface area (Å²) >= 11 is 1.46. The van der Waals surface area contributed by atoms with Crippen LogP contribution in [0.2, 0.25) is 0 Å². The lowest BCUT2D eigenvalue weighted by Crippen LogP contribution is -2.30. The Bertz CT molecular complexity index is 1050. The second-order valence-electron chi connectivity index (χ2n) is 5.58. The summed E-state index contributed by atoms with van der Waals surface area (Å²) in [5.74, 6) is -2.75. The molecule has 0 aliphatic heterocycles. The molecule has 1 amide bonds. The fourth-order valence-electron chi connectivity index (χ4n) is 2.28. The topological polar surface area (TPSA) is 88.2 Å². The molecule has 2 N–H and O–H groups in total. The van der Waals surface area contributed by atoms with Crippen LogP contribution in [0.3, 0.4) is 0 Å². The van der Waals surface area contributed by atoms with Crippen molar-refractivity contribution in [3.8, 4) is 0 Å². The van der Waals surface area contributed by atoms with E-state index in [-0.39, 0.29) is 25.4 Å². The molecule has 0 spiro atoms. The first kappa shape index (κ1) is 19.3. The Morgan fingerprint density at radius 2 is 1.89 bits per heavy atom. The van der Waals surface area contributed by atoms with Crippen LogP contribution >= 0.6 is 11.3 Å². The van der Waals surface area contributed by atoms with Gasteiger partial charge in [0.1, 0.15) is 5.01 Å². The molecule has 3 aromatic rings. The molecule has 6 nitrogen and oxygen atoms in total. The van der Waals surface area contributed by atoms with Crippen LogP contribution in [0, 0.1) is 11.6 Å². The normalized spacial score (nSPS) is 11.6. The molecule has 0 fully saturated rings. The number of hydrogen-bond acceptors (Lipinski definition) is 5. The van der Waals surface area contributed by atoms with E-state index in [4.69, 9.17) is 0 Å². The summed E-state index contributed by atoms with van der Waals surface area (Å²) in [6.45, 7) is 0.0705. The van der Waals surface area contributed by atoms with Crippen LogP contribution in [-0.2, 0) is 21.4 Å². The summed E-state index contributed by atoms with van der Waals surface area (Å²) in [5, 5.41) is 3.41. The maximum atomic E-state index is 13.2. The van der Waals surface area contributed by atoms with Gasteiger partial charge in [0.2, 0.25) is 15.9 Å². The van der Waals surface area contributed by atoms with Crippen molar-refractivity contribution in [2.75, 3.05) is 6.54 Å². The lowest BCUT2D eigenvalue weighted by atomic mass is 10.3. The van der Waals surface area contributed by atoms with Gasteiger partial charge in [-0.3, -0.25) is 4.79 Å². The first-order valence-corrected chi connectivity index (χ1v) is 10.2. The fraction of sp³-hybridized carbons (Fsp3) is 0.176. The van der Waals surface area contributed by atoms with E-state index in [0.29, 0.717) is 6.07 Å². The van der Waals surface area contributed by atoms with E-state index < -0.39 is 26.6 Å².